The van der Waals surface area contributed by atoms with Crippen molar-refractivity contribution in [3.05, 3.63) is 50.4 Å². The molecule has 6 nitrogen and oxygen atoms in total. The number of benzene rings is 1. The van der Waals surface area contributed by atoms with Crippen LogP contribution in [0.5, 0.6) is 5.75 Å². The van der Waals surface area contributed by atoms with Crippen molar-refractivity contribution in [1.82, 2.24) is 15.2 Å². The van der Waals surface area contributed by atoms with Gasteiger partial charge in [0, 0.05) is 10.4 Å². The van der Waals surface area contributed by atoms with Crippen LogP contribution in [0.1, 0.15) is 22.6 Å². The summed E-state index contributed by atoms with van der Waals surface area (Å²) in [6.45, 7) is 2.35. The molecule has 0 aliphatic carbocycles. The van der Waals surface area contributed by atoms with E-state index in [4.69, 9.17) is 16.3 Å². The molecule has 0 aliphatic heterocycles. The van der Waals surface area contributed by atoms with E-state index in [1.807, 2.05) is 12.3 Å². The van der Waals surface area contributed by atoms with Gasteiger partial charge >= 0.3 is 0 Å². The van der Waals surface area contributed by atoms with Gasteiger partial charge in [-0.25, -0.2) is 4.98 Å². The number of amides is 1. The molecular weight excluding hydrogens is 380 g/mol. The van der Waals surface area contributed by atoms with Gasteiger partial charge in [0.1, 0.15) is 22.4 Å². The lowest BCUT2D eigenvalue weighted by atomic mass is 10.3. The van der Waals surface area contributed by atoms with Crippen molar-refractivity contribution < 1.29 is 9.53 Å². The first-order valence-electron chi connectivity index (χ1n) is 7.56. The number of anilines is 1. The summed E-state index contributed by atoms with van der Waals surface area (Å²) < 4.78 is 5.65. The molecule has 2 aromatic heterocycles. The highest BCUT2D eigenvalue weighted by Crippen LogP contribution is 2.19. The van der Waals surface area contributed by atoms with Crippen molar-refractivity contribution in [2.24, 2.45) is 0 Å². The van der Waals surface area contributed by atoms with Crippen LogP contribution in [0.15, 0.2) is 29.6 Å². The van der Waals surface area contributed by atoms with E-state index < -0.39 is 0 Å². The molecule has 0 aliphatic rings. The molecule has 2 heterocycles. The Balaban J connectivity index is 1.50. The minimum atomic E-state index is -0.158. The Labute approximate surface area is 157 Å². The van der Waals surface area contributed by atoms with Crippen molar-refractivity contribution in [2.75, 3.05) is 5.32 Å². The Hall–Kier alpha value is -2.03. The van der Waals surface area contributed by atoms with Crippen LogP contribution < -0.4 is 10.1 Å². The third kappa shape index (κ3) is 5.22. The maximum atomic E-state index is 12.0. The third-order valence-electron chi connectivity index (χ3n) is 3.13. The van der Waals surface area contributed by atoms with E-state index >= 15 is 0 Å². The number of aromatic nitrogens is 3. The number of carbonyl (C=O) groups excluding carboxylic acids is 1. The zero-order valence-corrected chi connectivity index (χ0v) is 15.7. The summed E-state index contributed by atoms with van der Waals surface area (Å²) in [6.07, 6.45) is 0.995. The highest BCUT2D eigenvalue weighted by Gasteiger charge is 2.11. The van der Waals surface area contributed by atoms with Crippen LogP contribution in [0.2, 0.25) is 5.02 Å². The predicted molar refractivity (Wildman–Crippen MR) is 99.5 cm³/mol. The predicted octanol–water partition coefficient (Wildman–Crippen LogP) is 3.97. The van der Waals surface area contributed by atoms with Gasteiger partial charge in [-0.05, 0) is 30.7 Å². The van der Waals surface area contributed by atoms with E-state index in [-0.39, 0.29) is 12.3 Å². The van der Waals surface area contributed by atoms with Gasteiger partial charge in [-0.2, -0.15) is 0 Å². The molecular formula is C16H15ClN4O2S2. The van der Waals surface area contributed by atoms with Crippen molar-refractivity contribution in [3.8, 4) is 5.75 Å². The maximum absolute atomic E-state index is 12.0. The second-order valence-corrected chi connectivity index (χ2v) is 7.50. The van der Waals surface area contributed by atoms with Gasteiger partial charge < -0.3 is 10.1 Å². The Kier molecular flexibility index (Phi) is 5.95. The standard InChI is InChI=1S/C16H15ClN4O2S2/c1-2-14-20-21-16(25-14)19-13(22)7-11-9-24-15(18-11)8-23-12-5-3-10(17)4-6-12/h3-6,9H,2,7-8H2,1H3,(H,19,21,22). The van der Waals surface area contributed by atoms with Crippen molar-refractivity contribution in [2.45, 2.75) is 26.4 Å². The number of rotatable bonds is 7. The van der Waals surface area contributed by atoms with Crippen LogP contribution >= 0.6 is 34.3 Å². The smallest absolute Gasteiger partial charge is 0.232 e. The van der Waals surface area contributed by atoms with Crippen molar-refractivity contribution >= 4 is 45.3 Å². The van der Waals surface area contributed by atoms with E-state index in [0.717, 1.165) is 22.2 Å². The van der Waals surface area contributed by atoms with Crippen molar-refractivity contribution in [1.29, 1.82) is 0 Å². The van der Waals surface area contributed by atoms with Crippen LogP contribution in [0.4, 0.5) is 5.13 Å². The molecule has 0 radical (unpaired) electrons. The molecule has 9 heteroatoms. The Morgan fingerprint density at radius 3 is 2.76 bits per heavy atom. The summed E-state index contributed by atoms with van der Waals surface area (Å²) in [5.41, 5.74) is 0.706. The number of ether oxygens (including phenoxy) is 1. The number of hydrogen-bond acceptors (Lipinski definition) is 7. The molecule has 3 rings (SSSR count). The second kappa shape index (κ2) is 8.37. The summed E-state index contributed by atoms with van der Waals surface area (Å²) in [7, 11) is 0. The molecule has 0 fully saturated rings. The summed E-state index contributed by atoms with van der Waals surface area (Å²) in [5.74, 6) is 0.566. The lowest BCUT2D eigenvalue weighted by Gasteiger charge is -2.03. The van der Waals surface area contributed by atoms with Crippen LogP contribution in [0.3, 0.4) is 0 Å². The zero-order valence-electron chi connectivity index (χ0n) is 13.4. The van der Waals surface area contributed by atoms with Gasteiger partial charge in [0.05, 0.1) is 12.1 Å². The molecule has 1 aromatic carbocycles. The topological polar surface area (TPSA) is 77.0 Å². The fourth-order valence-electron chi connectivity index (χ4n) is 1.95. The van der Waals surface area contributed by atoms with Gasteiger partial charge in [0.15, 0.2) is 0 Å². The minimum Gasteiger partial charge on any atom is -0.486 e. The molecule has 0 spiro atoms. The third-order valence-corrected chi connectivity index (χ3v) is 5.24. The van der Waals surface area contributed by atoms with Crippen molar-refractivity contribution in [3.63, 3.8) is 0 Å². The highest BCUT2D eigenvalue weighted by molar-refractivity contribution is 7.15. The number of aryl methyl sites for hydroxylation is 1. The average molecular weight is 395 g/mol. The monoisotopic (exact) mass is 394 g/mol. The van der Waals surface area contributed by atoms with E-state index in [9.17, 15) is 4.79 Å². The van der Waals surface area contributed by atoms with E-state index in [2.05, 4.69) is 20.5 Å². The average Bonchev–Trinajstić information content (AvgIpc) is 3.23. The SMILES string of the molecule is CCc1nnc(NC(=O)Cc2csc(COc3ccc(Cl)cc3)n2)s1. The van der Waals surface area contributed by atoms with E-state index in [1.54, 1.807) is 24.3 Å². The summed E-state index contributed by atoms with van der Waals surface area (Å²) in [6, 6.07) is 7.14. The zero-order chi connectivity index (χ0) is 17.6. The van der Waals surface area contributed by atoms with Crippen LogP contribution in [0.25, 0.3) is 0 Å². The van der Waals surface area contributed by atoms with Gasteiger partial charge in [-0.15, -0.1) is 21.5 Å². The lowest BCUT2D eigenvalue weighted by Crippen LogP contribution is -2.14. The Bertz CT molecular complexity index is 848. The lowest BCUT2D eigenvalue weighted by molar-refractivity contribution is -0.115. The molecule has 130 valence electrons. The number of thiazole rings is 1. The fourth-order valence-corrected chi connectivity index (χ4v) is 3.47. The van der Waals surface area contributed by atoms with E-state index in [1.165, 1.54) is 22.7 Å². The molecule has 0 saturated heterocycles. The van der Waals surface area contributed by atoms with E-state index in [0.29, 0.717) is 22.5 Å². The molecule has 1 amide bonds. The van der Waals surface area contributed by atoms with Gasteiger partial charge in [0.2, 0.25) is 11.0 Å². The largest absolute Gasteiger partial charge is 0.486 e. The Morgan fingerprint density at radius 2 is 2.04 bits per heavy atom. The van der Waals surface area contributed by atoms with Crippen LogP contribution in [0, 0.1) is 0 Å². The number of halogens is 1. The summed E-state index contributed by atoms with van der Waals surface area (Å²) in [4.78, 5) is 16.5. The first-order chi connectivity index (χ1) is 12.1. The maximum Gasteiger partial charge on any atom is 0.232 e. The number of nitrogens with one attached hydrogen (secondary N) is 1. The van der Waals surface area contributed by atoms with Crippen LogP contribution in [-0.2, 0) is 24.2 Å². The molecule has 25 heavy (non-hydrogen) atoms. The quantitative estimate of drug-likeness (QED) is 0.656. The number of nitrogens with zero attached hydrogens (tertiary/aromatic N) is 3. The first kappa shape index (κ1) is 17.8. The molecule has 0 unspecified atom stereocenters. The summed E-state index contributed by atoms with van der Waals surface area (Å²) >= 11 is 8.68. The molecule has 1 N–H and O–H groups in total. The molecule has 0 bridgehead atoms. The van der Waals surface area contributed by atoms with Gasteiger partial charge in [-0.1, -0.05) is 29.9 Å². The number of hydrogen-bond donors (Lipinski definition) is 1. The summed E-state index contributed by atoms with van der Waals surface area (Å²) in [5, 5.41) is 15.4. The second-order valence-electron chi connectivity index (χ2n) is 5.05. The van der Waals surface area contributed by atoms with Gasteiger partial charge in [0.25, 0.3) is 0 Å². The fraction of sp³-hybridized carbons (Fsp3) is 0.250. The Morgan fingerprint density at radius 1 is 1.24 bits per heavy atom. The minimum absolute atomic E-state index is 0.158. The first-order valence-corrected chi connectivity index (χ1v) is 9.63. The molecule has 0 saturated carbocycles. The normalized spacial score (nSPS) is 10.6. The van der Waals surface area contributed by atoms with Crippen LogP contribution in [-0.4, -0.2) is 21.1 Å². The molecule has 3 aromatic rings. The van der Waals surface area contributed by atoms with Gasteiger partial charge in [-0.3, -0.25) is 4.79 Å². The number of carbonyl (C=O) groups is 1. The highest BCUT2D eigenvalue weighted by atomic mass is 35.5. The molecule has 0 atom stereocenters.